The first-order chi connectivity index (χ1) is 18.7. The molecule has 218 valence electrons. The number of aryl methyl sites for hydroxylation is 1. The Morgan fingerprint density at radius 3 is 2.54 bits per heavy atom. The molecule has 0 spiro atoms. The van der Waals surface area contributed by atoms with Gasteiger partial charge in [0, 0.05) is 55.6 Å². The van der Waals surface area contributed by atoms with Crippen LogP contribution in [0, 0.1) is 0 Å². The zero-order chi connectivity index (χ0) is 26.2. The number of unbranched alkanes of at least 4 members (excludes halogenated alkanes) is 2. The van der Waals surface area contributed by atoms with Gasteiger partial charge in [0.1, 0.15) is 5.75 Å². The van der Waals surface area contributed by atoms with Gasteiger partial charge in [-0.1, -0.05) is 24.3 Å². The molecule has 6 nitrogen and oxygen atoms in total. The summed E-state index contributed by atoms with van der Waals surface area (Å²) in [4.78, 5) is 23.2. The van der Waals surface area contributed by atoms with Gasteiger partial charge in [-0.3, -0.25) is 19.7 Å². The summed E-state index contributed by atoms with van der Waals surface area (Å²) in [5.74, 6) is 0.846. The topological polar surface area (TPSA) is 60.2 Å². The molecule has 3 aromatic heterocycles. The van der Waals surface area contributed by atoms with Crippen LogP contribution in [0.15, 0.2) is 96.2 Å². The molecule has 0 fully saturated rings. The predicted octanol–water partition coefficient (Wildman–Crippen LogP) is 7.04. The molecule has 0 saturated carbocycles. The number of fused-ring (bicyclic) bond motifs is 2. The molecule has 0 unspecified atom stereocenters. The molecule has 0 aliphatic carbocycles. The number of aromatic nitrogens is 3. The van der Waals surface area contributed by atoms with Crippen LogP contribution in [-0.4, -0.2) is 39.1 Å². The monoisotopic (exact) mass is 614 g/mol. The van der Waals surface area contributed by atoms with E-state index in [0.29, 0.717) is 6.61 Å². The van der Waals surface area contributed by atoms with E-state index < -0.39 is 0 Å². The van der Waals surface area contributed by atoms with E-state index in [0.717, 1.165) is 67.5 Å². The minimum Gasteiger partial charge on any atom is -0.494 e. The summed E-state index contributed by atoms with van der Waals surface area (Å²) < 4.78 is 7.69. The molecular weight excluding hydrogens is 579 g/mol. The van der Waals surface area contributed by atoms with E-state index in [1.165, 1.54) is 16.5 Å². The largest absolute Gasteiger partial charge is 0.494 e. The maximum absolute atomic E-state index is 11.8. The van der Waals surface area contributed by atoms with Gasteiger partial charge in [-0.05, 0) is 85.8 Å². The summed E-state index contributed by atoms with van der Waals surface area (Å²) in [6, 6.07) is 24.0. The van der Waals surface area contributed by atoms with Crippen molar-refractivity contribution in [2.75, 3.05) is 19.7 Å². The number of ether oxygens (including phenoxy) is 1. The second kappa shape index (κ2) is 16.9. The minimum atomic E-state index is -0.00207. The first-order valence-electron chi connectivity index (χ1n) is 13.3. The van der Waals surface area contributed by atoms with Crippen molar-refractivity contribution in [2.45, 2.75) is 32.2 Å². The fourth-order valence-corrected chi connectivity index (χ4v) is 4.89. The van der Waals surface area contributed by atoms with Crippen molar-refractivity contribution in [1.29, 1.82) is 0 Å². The van der Waals surface area contributed by atoms with Crippen LogP contribution in [0.2, 0.25) is 0 Å². The van der Waals surface area contributed by atoms with E-state index in [1.807, 2.05) is 55.0 Å². The molecule has 0 amide bonds. The molecule has 2 aromatic carbocycles. The van der Waals surface area contributed by atoms with Gasteiger partial charge < -0.3 is 9.30 Å². The first-order valence-corrected chi connectivity index (χ1v) is 13.3. The number of benzene rings is 2. The Morgan fingerprint density at radius 2 is 1.71 bits per heavy atom. The number of hydrogen-bond donors (Lipinski definition) is 0. The number of halogens is 3. The maximum Gasteiger partial charge on any atom is 0.250 e. The lowest BCUT2D eigenvalue weighted by atomic mass is 10.1. The summed E-state index contributed by atoms with van der Waals surface area (Å²) in [5.41, 5.74) is 4.54. The molecule has 0 bridgehead atoms. The van der Waals surface area contributed by atoms with Crippen molar-refractivity contribution in [3.05, 3.63) is 113 Å². The van der Waals surface area contributed by atoms with Gasteiger partial charge in [0.15, 0.2) is 0 Å². The summed E-state index contributed by atoms with van der Waals surface area (Å²) in [6.07, 6.45) is 9.90. The molecule has 0 radical (unpaired) electrons. The molecule has 5 aromatic rings. The number of nitrogens with zero attached hydrogens (tertiary/aromatic N) is 4. The van der Waals surface area contributed by atoms with Gasteiger partial charge >= 0.3 is 0 Å². The van der Waals surface area contributed by atoms with Gasteiger partial charge in [-0.15, -0.1) is 37.2 Å². The molecule has 0 aliphatic rings. The number of para-hydroxylation sites is 1. The van der Waals surface area contributed by atoms with Crippen LogP contribution in [0.1, 0.15) is 30.4 Å². The Hall–Kier alpha value is -3.16. The highest BCUT2D eigenvalue weighted by Crippen LogP contribution is 2.21. The van der Waals surface area contributed by atoms with Crippen molar-refractivity contribution in [2.24, 2.45) is 7.05 Å². The van der Waals surface area contributed by atoms with Crippen LogP contribution in [0.5, 0.6) is 5.75 Å². The van der Waals surface area contributed by atoms with Crippen LogP contribution in [-0.2, 0) is 20.0 Å². The summed E-state index contributed by atoms with van der Waals surface area (Å²) in [7, 11) is 1.79. The molecule has 9 heteroatoms. The van der Waals surface area contributed by atoms with E-state index in [4.69, 9.17) is 4.74 Å². The zero-order valence-corrected chi connectivity index (χ0v) is 25.6. The molecule has 0 atom stereocenters. The third kappa shape index (κ3) is 9.17. The molecule has 5 rings (SSSR count). The van der Waals surface area contributed by atoms with E-state index in [2.05, 4.69) is 45.2 Å². The van der Waals surface area contributed by atoms with Crippen molar-refractivity contribution in [3.8, 4) is 5.75 Å². The Bertz CT molecular complexity index is 1560. The van der Waals surface area contributed by atoms with Gasteiger partial charge in [-0.25, -0.2) is 0 Å². The quantitative estimate of drug-likeness (QED) is 0.141. The van der Waals surface area contributed by atoms with E-state index in [9.17, 15) is 4.79 Å². The second-order valence-corrected chi connectivity index (χ2v) is 9.73. The summed E-state index contributed by atoms with van der Waals surface area (Å²) in [6.45, 7) is 3.60. The number of pyridine rings is 3. The average Bonchev–Trinajstić information content (AvgIpc) is 2.96. The van der Waals surface area contributed by atoms with Crippen molar-refractivity contribution in [1.82, 2.24) is 19.4 Å². The fourth-order valence-electron chi connectivity index (χ4n) is 4.89. The number of rotatable bonds is 12. The maximum atomic E-state index is 11.8. The Morgan fingerprint density at radius 1 is 0.854 bits per heavy atom. The lowest BCUT2D eigenvalue weighted by Gasteiger charge is -2.23. The SMILES string of the molecule is Cl.Cl.Cl.Cn1c(=O)ccc2cc(OCCCCCN(CCc3cccnc3)Cc3ccnc4ccccc34)ccc21. The highest BCUT2D eigenvalue weighted by atomic mass is 35.5. The fraction of sp³-hybridized carbons (Fsp3) is 0.281. The minimum absolute atomic E-state index is 0. The van der Waals surface area contributed by atoms with Crippen molar-refractivity contribution < 1.29 is 4.74 Å². The van der Waals surface area contributed by atoms with Crippen LogP contribution >= 0.6 is 37.2 Å². The van der Waals surface area contributed by atoms with Crippen LogP contribution < -0.4 is 10.3 Å². The van der Waals surface area contributed by atoms with E-state index in [1.54, 1.807) is 17.7 Å². The second-order valence-electron chi connectivity index (χ2n) is 9.73. The molecule has 41 heavy (non-hydrogen) atoms. The third-order valence-electron chi connectivity index (χ3n) is 7.06. The highest BCUT2D eigenvalue weighted by Gasteiger charge is 2.10. The Labute approximate surface area is 260 Å². The van der Waals surface area contributed by atoms with Crippen LogP contribution in [0.4, 0.5) is 0 Å². The molecular formula is C32H37Cl3N4O2. The Kier molecular flexibility index (Phi) is 14.1. The Balaban J connectivity index is 0.00000196. The van der Waals surface area contributed by atoms with Gasteiger partial charge in [0.2, 0.25) is 0 Å². The van der Waals surface area contributed by atoms with Crippen molar-refractivity contribution >= 4 is 59.0 Å². The summed E-state index contributed by atoms with van der Waals surface area (Å²) >= 11 is 0. The lowest BCUT2D eigenvalue weighted by Crippen LogP contribution is -2.27. The van der Waals surface area contributed by atoms with Crippen molar-refractivity contribution in [3.63, 3.8) is 0 Å². The normalized spacial score (nSPS) is 10.6. The van der Waals surface area contributed by atoms with Crippen LogP contribution in [0.25, 0.3) is 21.8 Å². The van der Waals surface area contributed by atoms with Gasteiger partial charge in [0.05, 0.1) is 17.6 Å². The predicted molar refractivity (Wildman–Crippen MR) is 175 cm³/mol. The van der Waals surface area contributed by atoms with E-state index in [-0.39, 0.29) is 42.8 Å². The smallest absolute Gasteiger partial charge is 0.250 e. The third-order valence-corrected chi connectivity index (χ3v) is 7.06. The molecule has 3 heterocycles. The highest BCUT2D eigenvalue weighted by molar-refractivity contribution is 5.86. The zero-order valence-electron chi connectivity index (χ0n) is 23.1. The van der Waals surface area contributed by atoms with E-state index >= 15 is 0 Å². The number of hydrogen-bond acceptors (Lipinski definition) is 5. The first kappa shape index (κ1) is 34.0. The van der Waals surface area contributed by atoms with Crippen LogP contribution in [0.3, 0.4) is 0 Å². The lowest BCUT2D eigenvalue weighted by molar-refractivity contribution is 0.254. The standard InChI is InChI=1S/C32H34N4O2.3ClH/c1-35-31-13-12-28(22-26(31)11-14-32(35)37)38-21-6-2-5-19-36(20-16-25-8-7-17-33-23-25)24-27-15-18-34-30-10-4-3-9-29(27)30;;;/h3-4,7-15,17-18,22-23H,2,5-6,16,19-21,24H2,1H3;3*1H. The average molecular weight is 616 g/mol. The van der Waals surface area contributed by atoms with Gasteiger partial charge in [0.25, 0.3) is 5.56 Å². The summed E-state index contributed by atoms with van der Waals surface area (Å²) in [5, 5.41) is 2.24. The molecule has 0 N–H and O–H groups in total. The van der Waals surface area contributed by atoms with Gasteiger partial charge in [-0.2, -0.15) is 0 Å². The molecule has 0 aliphatic heterocycles. The molecule has 0 saturated heterocycles.